The maximum atomic E-state index is 12.8. The molecule has 0 aliphatic carbocycles. The van der Waals surface area contributed by atoms with E-state index in [0.29, 0.717) is 17.9 Å². The summed E-state index contributed by atoms with van der Waals surface area (Å²) in [6.45, 7) is 0.855. The molecule has 7 heteroatoms. The number of carbonyl (C=O) groups is 1. The number of phenols is 3. The number of phenolic OH excluding ortho intramolecular Hbond substituents is 3. The minimum Gasteiger partial charge on any atom is -0.507 e. The van der Waals surface area contributed by atoms with Crippen LogP contribution in [-0.4, -0.2) is 34.8 Å². The van der Waals surface area contributed by atoms with Crippen molar-refractivity contribution in [2.75, 3.05) is 13.7 Å². The zero-order chi connectivity index (χ0) is 22.7. The highest BCUT2D eigenvalue weighted by Crippen LogP contribution is 2.45. The number of Topliss-reactive ketones (excluding diaryl/α,β-unsaturated/α-hetero) is 1. The average molecular weight is 435 g/mol. The maximum Gasteiger partial charge on any atom is 0.174 e. The number of rotatable bonds is 7. The van der Waals surface area contributed by atoms with Gasteiger partial charge in [0.25, 0.3) is 0 Å². The van der Waals surface area contributed by atoms with Crippen LogP contribution in [0, 0.1) is 0 Å². The van der Waals surface area contributed by atoms with Gasteiger partial charge in [-0.15, -0.1) is 0 Å². The predicted molar refractivity (Wildman–Crippen MR) is 119 cm³/mol. The van der Waals surface area contributed by atoms with Crippen molar-refractivity contribution in [3.63, 3.8) is 0 Å². The SMILES string of the molecule is COc1ccc([C@@H]2CC(=O)c3c(cc(O)c(CNCCc4ccccc4)c3O)O2)cc1O. The average Bonchev–Trinajstić information content (AvgIpc) is 2.78. The highest BCUT2D eigenvalue weighted by Gasteiger charge is 2.33. The summed E-state index contributed by atoms with van der Waals surface area (Å²) in [4.78, 5) is 12.8. The molecule has 1 atom stereocenters. The van der Waals surface area contributed by atoms with Gasteiger partial charge in [0.1, 0.15) is 28.9 Å². The second-order valence-corrected chi connectivity index (χ2v) is 7.67. The van der Waals surface area contributed by atoms with Crippen LogP contribution < -0.4 is 14.8 Å². The van der Waals surface area contributed by atoms with E-state index in [0.717, 1.165) is 6.42 Å². The van der Waals surface area contributed by atoms with Gasteiger partial charge in [0.15, 0.2) is 17.3 Å². The number of methoxy groups -OCH3 is 1. The molecule has 32 heavy (non-hydrogen) atoms. The molecule has 4 rings (SSSR count). The molecule has 4 N–H and O–H groups in total. The summed E-state index contributed by atoms with van der Waals surface area (Å²) in [5, 5.41) is 34.4. The van der Waals surface area contributed by atoms with Crippen LogP contribution in [0.25, 0.3) is 0 Å². The Kier molecular flexibility index (Phi) is 6.18. The van der Waals surface area contributed by atoms with Crippen LogP contribution in [0.2, 0.25) is 0 Å². The number of carbonyl (C=O) groups excluding carboxylic acids is 1. The molecule has 0 bridgehead atoms. The molecule has 0 aromatic heterocycles. The van der Waals surface area contributed by atoms with Crippen LogP contribution in [0.3, 0.4) is 0 Å². The summed E-state index contributed by atoms with van der Waals surface area (Å²) in [5.74, 6) is -0.350. The van der Waals surface area contributed by atoms with Crippen molar-refractivity contribution in [3.05, 3.63) is 76.9 Å². The van der Waals surface area contributed by atoms with E-state index < -0.39 is 6.10 Å². The molecule has 0 saturated carbocycles. The summed E-state index contributed by atoms with van der Waals surface area (Å²) >= 11 is 0. The normalized spacial score (nSPS) is 15.2. The van der Waals surface area contributed by atoms with Gasteiger partial charge in [-0.3, -0.25) is 4.79 Å². The number of benzene rings is 3. The molecule has 0 radical (unpaired) electrons. The fourth-order valence-electron chi connectivity index (χ4n) is 3.86. The largest absolute Gasteiger partial charge is 0.507 e. The Balaban J connectivity index is 1.50. The lowest BCUT2D eigenvalue weighted by molar-refractivity contribution is 0.0844. The van der Waals surface area contributed by atoms with Crippen LogP contribution >= 0.6 is 0 Å². The van der Waals surface area contributed by atoms with Crippen molar-refractivity contribution < 1.29 is 29.6 Å². The van der Waals surface area contributed by atoms with Crippen LogP contribution in [0.4, 0.5) is 0 Å². The summed E-state index contributed by atoms with van der Waals surface area (Å²) < 4.78 is 10.9. The van der Waals surface area contributed by atoms with E-state index in [-0.39, 0.29) is 52.9 Å². The van der Waals surface area contributed by atoms with E-state index in [4.69, 9.17) is 9.47 Å². The van der Waals surface area contributed by atoms with Crippen molar-refractivity contribution >= 4 is 5.78 Å². The first kappa shape index (κ1) is 21.5. The Morgan fingerprint density at radius 1 is 1.06 bits per heavy atom. The highest BCUT2D eigenvalue weighted by molar-refractivity contribution is 6.03. The van der Waals surface area contributed by atoms with Crippen molar-refractivity contribution in [2.24, 2.45) is 0 Å². The van der Waals surface area contributed by atoms with Gasteiger partial charge in [-0.2, -0.15) is 0 Å². The molecule has 3 aromatic rings. The second kappa shape index (κ2) is 9.20. The van der Waals surface area contributed by atoms with Gasteiger partial charge in [0.2, 0.25) is 0 Å². The van der Waals surface area contributed by atoms with Gasteiger partial charge in [-0.05, 0) is 36.2 Å². The van der Waals surface area contributed by atoms with Crippen LogP contribution in [-0.2, 0) is 13.0 Å². The Morgan fingerprint density at radius 3 is 2.56 bits per heavy atom. The van der Waals surface area contributed by atoms with Crippen LogP contribution in [0.15, 0.2) is 54.6 Å². The van der Waals surface area contributed by atoms with E-state index in [1.54, 1.807) is 12.1 Å². The molecule has 1 aliphatic heterocycles. The lowest BCUT2D eigenvalue weighted by atomic mass is 9.93. The Labute approximate surface area is 185 Å². The molecular formula is C25H25NO6. The lowest BCUT2D eigenvalue weighted by Crippen LogP contribution is -2.22. The van der Waals surface area contributed by atoms with Gasteiger partial charge in [0.05, 0.1) is 19.1 Å². The maximum absolute atomic E-state index is 12.8. The van der Waals surface area contributed by atoms with E-state index >= 15 is 0 Å². The monoisotopic (exact) mass is 435 g/mol. The molecule has 1 heterocycles. The number of fused-ring (bicyclic) bond motifs is 1. The number of ether oxygens (including phenoxy) is 2. The third-order valence-corrected chi connectivity index (χ3v) is 5.57. The minimum atomic E-state index is -0.652. The smallest absolute Gasteiger partial charge is 0.174 e. The molecule has 0 fully saturated rings. The molecule has 0 spiro atoms. The molecule has 0 amide bonds. The van der Waals surface area contributed by atoms with Gasteiger partial charge in [0, 0.05) is 12.6 Å². The van der Waals surface area contributed by atoms with E-state index in [9.17, 15) is 20.1 Å². The predicted octanol–water partition coefficient (Wildman–Crippen LogP) is 3.85. The Morgan fingerprint density at radius 2 is 1.84 bits per heavy atom. The standard InChI is InChI=1S/C25H25NO6/c1-31-21-8-7-16(11-19(21)28)22-13-20(29)24-23(32-22)12-18(27)17(25(24)30)14-26-10-9-15-5-3-2-4-6-15/h2-8,11-12,22,26-28,30H,9-10,13-14H2,1H3/t22-/m0/s1. The van der Waals surface area contributed by atoms with Gasteiger partial charge >= 0.3 is 0 Å². The summed E-state index contributed by atoms with van der Waals surface area (Å²) in [7, 11) is 1.45. The molecule has 166 valence electrons. The number of hydrogen-bond donors (Lipinski definition) is 4. The number of nitrogens with one attached hydrogen (secondary N) is 1. The molecule has 0 saturated heterocycles. The third kappa shape index (κ3) is 4.33. The third-order valence-electron chi connectivity index (χ3n) is 5.57. The first-order valence-corrected chi connectivity index (χ1v) is 10.4. The molecule has 0 unspecified atom stereocenters. The Hall–Kier alpha value is -3.71. The highest BCUT2D eigenvalue weighted by atomic mass is 16.5. The number of ketones is 1. The fraction of sp³-hybridized carbons (Fsp3) is 0.240. The van der Waals surface area contributed by atoms with E-state index in [1.165, 1.54) is 24.8 Å². The van der Waals surface area contributed by atoms with E-state index in [2.05, 4.69) is 5.32 Å². The van der Waals surface area contributed by atoms with Crippen LogP contribution in [0.5, 0.6) is 28.7 Å². The van der Waals surface area contributed by atoms with Gasteiger partial charge in [-0.25, -0.2) is 0 Å². The topological polar surface area (TPSA) is 108 Å². The number of aromatic hydroxyl groups is 3. The van der Waals surface area contributed by atoms with E-state index in [1.807, 2.05) is 30.3 Å². The fourth-order valence-corrected chi connectivity index (χ4v) is 3.86. The zero-order valence-corrected chi connectivity index (χ0v) is 17.7. The Bertz CT molecular complexity index is 1130. The summed E-state index contributed by atoms with van der Waals surface area (Å²) in [5.41, 5.74) is 2.09. The molecule has 7 nitrogen and oxygen atoms in total. The van der Waals surface area contributed by atoms with Crippen molar-refractivity contribution in [3.8, 4) is 28.7 Å². The summed E-state index contributed by atoms with van der Waals surface area (Å²) in [6, 6.07) is 16.1. The second-order valence-electron chi connectivity index (χ2n) is 7.67. The lowest BCUT2D eigenvalue weighted by Gasteiger charge is -2.27. The number of hydrogen-bond acceptors (Lipinski definition) is 7. The van der Waals surface area contributed by atoms with Gasteiger partial charge < -0.3 is 30.1 Å². The molecule has 3 aromatic carbocycles. The van der Waals surface area contributed by atoms with Crippen molar-refractivity contribution in [2.45, 2.75) is 25.5 Å². The van der Waals surface area contributed by atoms with Crippen molar-refractivity contribution in [1.82, 2.24) is 5.32 Å². The first-order valence-electron chi connectivity index (χ1n) is 10.4. The zero-order valence-electron chi connectivity index (χ0n) is 17.7. The molecule has 1 aliphatic rings. The quantitative estimate of drug-likeness (QED) is 0.418. The minimum absolute atomic E-state index is 0.00200. The van der Waals surface area contributed by atoms with Crippen LogP contribution in [0.1, 0.15) is 39.6 Å². The molecular weight excluding hydrogens is 410 g/mol. The summed E-state index contributed by atoms with van der Waals surface area (Å²) in [6.07, 6.45) is 0.143. The first-order chi connectivity index (χ1) is 15.5. The van der Waals surface area contributed by atoms with Crippen molar-refractivity contribution in [1.29, 1.82) is 0 Å². The van der Waals surface area contributed by atoms with Gasteiger partial charge in [-0.1, -0.05) is 36.4 Å².